The molecule has 3 aromatic heterocycles. The third-order valence-corrected chi connectivity index (χ3v) is 5.02. The number of fused-ring (bicyclic) bond motifs is 1. The summed E-state index contributed by atoms with van der Waals surface area (Å²) < 4.78 is 3.86. The summed E-state index contributed by atoms with van der Waals surface area (Å²) in [4.78, 5) is 19.5. The fourth-order valence-corrected chi connectivity index (χ4v) is 3.50. The lowest BCUT2D eigenvalue weighted by Gasteiger charge is -2.25. The summed E-state index contributed by atoms with van der Waals surface area (Å²) in [6.45, 7) is 7.07. The minimum absolute atomic E-state index is 0.0442. The quantitative estimate of drug-likeness (QED) is 0.548. The minimum atomic E-state index is -0.0986. The second-order valence-electron chi connectivity index (χ2n) is 7.56. The largest absolute Gasteiger partial charge is 0.330 e. The molecule has 29 heavy (non-hydrogen) atoms. The minimum Gasteiger partial charge on any atom is -0.330 e. The average Bonchev–Trinajstić information content (AvgIpc) is 3.39. The van der Waals surface area contributed by atoms with Gasteiger partial charge in [-0.25, -0.2) is 4.98 Å². The Bertz CT molecular complexity index is 1150. The van der Waals surface area contributed by atoms with Crippen LogP contribution < -0.4 is 0 Å². The number of rotatable bonds is 6. The maximum atomic E-state index is 13.1. The van der Waals surface area contributed by atoms with Crippen molar-refractivity contribution in [3.8, 4) is 0 Å². The van der Waals surface area contributed by atoms with Gasteiger partial charge in [0.2, 0.25) is 0 Å². The van der Waals surface area contributed by atoms with Gasteiger partial charge in [0, 0.05) is 31.4 Å². The van der Waals surface area contributed by atoms with Crippen molar-refractivity contribution in [2.45, 2.75) is 39.9 Å². The predicted molar refractivity (Wildman–Crippen MR) is 110 cm³/mol. The first-order valence-corrected chi connectivity index (χ1v) is 9.67. The zero-order chi connectivity index (χ0) is 20.5. The number of benzene rings is 1. The molecule has 4 rings (SSSR count). The molecule has 8 heteroatoms. The van der Waals surface area contributed by atoms with Crippen LogP contribution in [-0.2, 0) is 20.1 Å². The van der Waals surface area contributed by atoms with Crippen LogP contribution in [-0.4, -0.2) is 46.4 Å². The first-order chi connectivity index (χ1) is 13.9. The van der Waals surface area contributed by atoms with Gasteiger partial charge in [-0.3, -0.25) is 14.6 Å². The molecule has 0 bridgehead atoms. The molecule has 0 saturated heterocycles. The smallest absolute Gasteiger partial charge is 0.274 e. The number of imidazole rings is 1. The highest BCUT2D eigenvalue weighted by atomic mass is 16.2. The van der Waals surface area contributed by atoms with Crippen LogP contribution in [0.4, 0.5) is 0 Å². The molecule has 0 aliphatic heterocycles. The Morgan fingerprint density at radius 3 is 2.79 bits per heavy atom. The van der Waals surface area contributed by atoms with Crippen LogP contribution in [0.2, 0.25) is 0 Å². The number of hydrogen-bond acceptors (Lipinski definition) is 4. The molecule has 150 valence electrons. The summed E-state index contributed by atoms with van der Waals surface area (Å²) in [5, 5.41) is 11.5. The molecular weight excluding hydrogens is 366 g/mol. The normalized spacial score (nSPS) is 11.5. The Morgan fingerprint density at radius 2 is 2.07 bits per heavy atom. The zero-order valence-corrected chi connectivity index (χ0v) is 17.1. The van der Waals surface area contributed by atoms with Gasteiger partial charge in [0.15, 0.2) is 0 Å². The summed E-state index contributed by atoms with van der Waals surface area (Å²) >= 11 is 0. The van der Waals surface area contributed by atoms with E-state index in [0.29, 0.717) is 18.8 Å². The van der Waals surface area contributed by atoms with Crippen molar-refractivity contribution in [1.29, 1.82) is 0 Å². The van der Waals surface area contributed by atoms with Crippen molar-refractivity contribution in [2.75, 3.05) is 0 Å². The molecule has 0 aliphatic rings. The Morgan fingerprint density at radius 1 is 1.28 bits per heavy atom. The third kappa shape index (κ3) is 3.78. The van der Waals surface area contributed by atoms with Crippen molar-refractivity contribution in [1.82, 2.24) is 34.4 Å². The highest BCUT2D eigenvalue weighted by molar-refractivity contribution is 5.92. The van der Waals surface area contributed by atoms with Gasteiger partial charge in [-0.05, 0) is 39.0 Å². The van der Waals surface area contributed by atoms with E-state index >= 15 is 0 Å². The van der Waals surface area contributed by atoms with Crippen LogP contribution >= 0.6 is 0 Å². The van der Waals surface area contributed by atoms with E-state index in [1.54, 1.807) is 15.8 Å². The van der Waals surface area contributed by atoms with E-state index < -0.39 is 0 Å². The van der Waals surface area contributed by atoms with E-state index in [2.05, 4.69) is 24.8 Å². The summed E-state index contributed by atoms with van der Waals surface area (Å²) in [6.07, 6.45) is 3.71. The topological polar surface area (TPSA) is 84.6 Å². The Hall–Kier alpha value is -3.42. The highest BCUT2D eigenvalue weighted by Crippen LogP contribution is 2.18. The summed E-state index contributed by atoms with van der Waals surface area (Å²) in [5.74, 6) is 0.827. The number of carbonyl (C=O) groups excluding carboxylic acids is 1. The third-order valence-electron chi connectivity index (χ3n) is 5.02. The van der Waals surface area contributed by atoms with E-state index in [1.165, 1.54) is 0 Å². The molecule has 0 spiro atoms. The lowest BCUT2D eigenvalue weighted by atomic mass is 10.2. The lowest BCUT2D eigenvalue weighted by Crippen LogP contribution is -2.36. The number of nitrogens with zero attached hydrogens (tertiary/aromatic N) is 6. The molecule has 4 aromatic rings. The summed E-state index contributed by atoms with van der Waals surface area (Å²) in [5.41, 5.74) is 4.30. The summed E-state index contributed by atoms with van der Waals surface area (Å²) in [6, 6.07) is 9.90. The SMILES string of the molecule is Cc1nc2ccccc2n1Cc1cc(C(=O)N(Cc2cnn(C)c2)C(C)C)n[nH]1. The number of aromatic amines is 1. The highest BCUT2D eigenvalue weighted by Gasteiger charge is 2.22. The number of amides is 1. The van der Waals surface area contributed by atoms with E-state index in [1.807, 2.05) is 64.3 Å². The van der Waals surface area contributed by atoms with Crippen molar-refractivity contribution >= 4 is 16.9 Å². The van der Waals surface area contributed by atoms with Crippen molar-refractivity contribution < 1.29 is 4.79 Å². The number of H-pyrrole nitrogens is 1. The van der Waals surface area contributed by atoms with Crippen molar-refractivity contribution in [3.63, 3.8) is 0 Å². The second-order valence-corrected chi connectivity index (χ2v) is 7.56. The summed E-state index contributed by atoms with van der Waals surface area (Å²) in [7, 11) is 1.87. The van der Waals surface area contributed by atoms with Crippen LogP contribution in [0.25, 0.3) is 11.0 Å². The van der Waals surface area contributed by atoms with Gasteiger partial charge < -0.3 is 9.47 Å². The zero-order valence-electron chi connectivity index (χ0n) is 17.1. The van der Waals surface area contributed by atoms with Crippen LogP contribution in [0.3, 0.4) is 0 Å². The van der Waals surface area contributed by atoms with E-state index in [0.717, 1.165) is 28.1 Å². The van der Waals surface area contributed by atoms with Gasteiger partial charge in [0.25, 0.3) is 5.91 Å². The molecule has 3 heterocycles. The van der Waals surface area contributed by atoms with Gasteiger partial charge >= 0.3 is 0 Å². The monoisotopic (exact) mass is 391 g/mol. The fraction of sp³-hybridized carbons (Fsp3) is 0.333. The van der Waals surface area contributed by atoms with Gasteiger partial charge in [-0.1, -0.05) is 12.1 Å². The van der Waals surface area contributed by atoms with Crippen LogP contribution in [0.1, 0.15) is 41.4 Å². The van der Waals surface area contributed by atoms with Gasteiger partial charge in [-0.2, -0.15) is 10.2 Å². The van der Waals surface area contributed by atoms with Crippen molar-refractivity contribution in [3.05, 3.63) is 65.5 Å². The Kier molecular flexibility index (Phi) is 4.92. The van der Waals surface area contributed by atoms with E-state index in [-0.39, 0.29) is 11.9 Å². The number of aromatic nitrogens is 6. The Balaban J connectivity index is 1.55. The maximum absolute atomic E-state index is 13.1. The first kappa shape index (κ1) is 18.9. The number of hydrogen-bond donors (Lipinski definition) is 1. The fourth-order valence-electron chi connectivity index (χ4n) is 3.50. The molecule has 0 aliphatic carbocycles. The van der Waals surface area contributed by atoms with Gasteiger partial charge in [0.1, 0.15) is 11.5 Å². The number of nitrogens with one attached hydrogen (secondary N) is 1. The molecule has 1 aromatic carbocycles. The van der Waals surface area contributed by atoms with Crippen molar-refractivity contribution in [2.24, 2.45) is 7.05 Å². The molecule has 0 radical (unpaired) electrons. The number of carbonyl (C=O) groups is 1. The van der Waals surface area contributed by atoms with Crippen LogP contribution in [0, 0.1) is 6.92 Å². The second kappa shape index (κ2) is 7.54. The number of aryl methyl sites for hydroxylation is 2. The molecule has 1 amide bonds. The standard InChI is InChI=1S/C21H25N7O/c1-14(2)27(12-16-10-22-26(4)11-16)21(29)19-9-17(24-25-19)13-28-15(3)23-18-7-5-6-8-20(18)28/h5-11,14H,12-13H2,1-4H3,(H,24,25). The van der Waals surface area contributed by atoms with Crippen LogP contribution in [0.5, 0.6) is 0 Å². The molecular formula is C21H25N7O. The van der Waals surface area contributed by atoms with E-state index in [9.17, 15) is 4.79 Å². The van der Waals surface area contributed by atoms with E-state index in [4.69, 9.17) is 0 Å². The average molecular weight is 391 g/mol. The van der Waals surface area contributed by atoms with Gasteiger partial charge in [-0.15, -0.1) is 0 Å². The molecule has 0 atom stereocenters. The van der Waals surface area contributed by atoms with Gasteiger partial charge in [0.05, 0.1) is 29.5 Å². The number of para-hydroxylation sites is 2. The Labute approximate surface area is 169 Å². The molecule has 8 nitrogen and oxygen atoms in total. The first-order valence-electron chi connectivity index (χ1n) is 9.67. The molecule has 0 unspecified atom stereocenters. The van der Waals surface area contributed by atoms with Crippen LogP contribution in [0.15, 0.2) is 42.7 Å². The lowest BCUT2D eigenvalue weighted by molar-refractivity contribution is 0.0684. The maximum Gasteiger partial charge on any atom is 0.274 e. The molecule has 0 fully saturated rings. The predicted octanol–water partition coefficient (Wildman–Crippen LogP) is 2.90. The molecule has 1 N–H and O–H groups in total. The molecule has 0 saturated carbocycles.